The second-order valence-electron chi connectivity index (χ2n) is 5.38. The van der Waals surface area contributed by atoms with Crippen LogP contribution in [0.2, 0.25) is 0 Å². The van der Waals surface area contributed by atoms with Gasteiger partial charge in [-0.2, -0.15) is 26.3 Å². The number of nitrogens with zero attached hydrogens (tertiary/aromatic N) is 1. The molecule has 7 nitrogen and oxygen atoms in total. The Labute approximate surface area is 153 Å². The van der Waals surface area contributed by atoms with Gasteiger partial charge in [0.15, 0.2) is 0 Å². The van der Waals surface area contributed by atoms with Crippen LogP contribution in [0.4, 0.5) is 43.4 Å². The third kappa shape index (κ3) is 4.62. The third-order valence-electron chi connectivity index (χ3n) is 3.35. The molecule has 0 radical (unpaired) electrons. The van der Waals surface area contributed by atoms with Gasteiger partial charge >= 0.3 is 12.4 Å². The van der Waals surface area contributed by atoms with Gasteiger partial charge in [-0.1, -0.05) is 0 Å². The maximum Gasteiger partial charge on any atom is 0.416 e. The van der Waals surface area contributed by atoms with Gasteiger partial charge in [-0.25, -0.2) is 8.42 Å². The normalized spacial score (nSPS) is 12.6. The van der Waals surface area contributed by atoms with Crippen molar-refractivity contribution in [3.05, 3.63) is 57.6 Å². The summed E-state index contributed by atoms with van der Waals surface area (Å²) in [5.74, 6) is 0. The Hall–Kier alpha value is -3.03. The number of benzene rings is 2. The summed E-state index contributed by atoms with van der Waals surface area (Å²) in [6, 6.07) is 2.38. The van der Waals surface area contributed by atoms with Crippen LogP contribution in [0.25, 0.3) is 0 Å². The molecule has 0 aromatic heterocycles. The number of nitrogen functional groups attached to an aromatic ring is 1. The predicted octanol–water partition coefficient (Wildman–Crippen LogP) is 4.02. The number of nitrogens with two attached hydrogens (primary N) is 1. The molecule has 152 valence electrons. The lowest BCUT2D eigenvalue weighted by molar-refractivity contribution is -0.383. The lowest BCUT2D eigenvalue weighted by atomic mass is 10.1. The molecule has 0 spiro atoms. The Kier molecular flexibility index (Phi) is 5.20. The first-order valence-corrected chi connectivity index (χ1v) is 8.46. The average Bonchev–Trinajstić information content (AvgIpc) is 2.54. The lowest BCUT2D eigenvalue weighted by Gasteiger charge is -2.15. The molecule has 0 atom stereocenters. The van der Waals surface area contributed by atoms with Crippen molar-refractivity contribution in [2.24, 2.45) is 0 Å². The summed E-state index contributed by atoms with van der Waals surface area (Å²) in [7, 11) is -4.95. The first kappa shape index (κ1) is 21.3. The molecule has 28 heavy (non-hydrogen) atoms. The van der Waals surface area contributed by atoms with E-state index < -0.39 is 54.7 Å². The van der Waals surface area contributed by atoms with Crippen molar-refractivity contribution in [1.82, 2.24) is 0 Å². The fourth-order valence-electron chi connectivity index (χ4n) is 2.06. The van der Waals surface area contributed by atoms with E-state index in [9.17, 15) is 44.9 Å². The molecule has 0 aliphatic rings. The van der Waals surface area contributed by atoms with E-state index in [0.29, 0.717) is 6.07 Å². The van der Waals surface area contributed by atoms with Crippen LogP contribution < -0.4 is 10.5 Å². The van der Waals surface area contributed by atoms with Crippen molar-refractivity contribution >= 4 is 27.1 Å². The van der Waals surface area contributed by atoms with E-state index in [1.54, 1.807) is 4.72 Å². The Balaban J connectivity index is 2.57. The van der Waals surface area contributed by atoms with E-state index in [1.165, 1.54) is 0 Å². The number of anilines is 2. The molecule has 2 rings (SSSR count). The first-order valence-electron chi connectivity index (χ1n) is 6.97. The monoisotopic (exact) mass is 429 g/mol. The summed E-state index contributed by atoms with van der Waals surface area (Å²) in [5.41, 5.74) is 0.161. The minimum absolute atomic E-state index is 0.0171. The molecule has 0 fully saturated rings. The minimum atomic E-state index is -5.24. The van der Waals surface area contributed by atoms with E-state index >= 15 is 0 Å². The van der Waals surface area contributed by atoms with Crippen molar-refractivity contribution in [3.63, 3.8) is 0 Å². The van der Waals surface area contributed by atoms with Gasteiger partial charge in [0.05, 0.1) is 26.6 Å². The molecule has 2 aromatic carbocycles. The molecule has 0 aliphatic heterocycles. The molecule has 2 aromatic rings. The van der Waals surface area contributed by atoms with Crippen LogP contribution in [0.5, 0.6) is 0 Å². The standard InChI is InChI=1S/C14H9F6N3O4S/c15-13(16,17)7-3-8(14(18,19)20)5-10(4-7)28(26,27)22-9-1-2-11(21)12(6-9)23(24)25/h1-6,22H,21H2. The van der Waals surface area contributed by atoms with E-state index in [0.717, 1.165) is 12.1 Å². The Morgan fingerprint density at radius 2 is 1.43 bits per heavy atom. The van der Waals surface area contributed by atoms with Gasteiger partial charge in [0.25, 0.3) is 15.7 Å². The highest BCUT2D eigenvalue weighted by Crippen LogP contribution is 2.37. The van der Waals surface area contributed by atoms with Gasteiger partial charge in [0.2, 0.25) is 0 Å². The van der Waals surface area contributed by atoms with Crippen molar-refractivity contribution < 1.29 is 39.7 Å². The quantitative estimate of drug-likeness (QED) is 0.330. The van der Waals surface area contributed by atoms with Gasteiger partial charge in [0.1, 0.15) is 5.69 Å². The molecule has 0 saturated carbocycles. The summed E-state index contributed by atoms with van der Waals surface area (Å²) < 4.78 is 103. The van der Waals surface area contributed by atoms with Gasteiger partial charge in [-0.05, 0) is 30.3 Å². The molecule has 0 heterocycles. The van der Waals surface area contributed by atoms with Crippen molar-refractivity contribution in [3.8, 4) is 0 Å². The largest absolute Gasteiger partial charge is 0.416 e. The Morgan fingerprint density at radius 1 is 0.929 bits per heavy atom. The SMILES string of the molecule is Nc1ccc(NS(=O)(=O)c2cc(C(F)(F)F)cc(C(F)(F)F)c2)cc1[N+](=O)[O-]. The van der Waals surface area contributed by atoms with Gasteiger partial charge in [0, 0.05) is 6.07 Å². The molecule has 0 aliphatic carbocycles. The third-order valence-corrected chi connectivity index (χ3v) is 4.71. The summed E-state index contributed by atoms with van der Waals surface area (Å²) in [6.07, 6.45) is -10.5. The highest BCUT2D eigenvalue weighted by Gasteiger charge is 2.38. The van der Waals surface area contributed by atoms with E-state index in [4.69, 9.17) is 5.73 Å². The fourth-order valence-corrected chi connectivity index (χ4v) is 3.18. The van der Waals surface area contributed by atoms with E-state index in [2.05, 4.69) is 0 Å². The summed E-state index contributed by atoms with van der Waals surface area (Å²) in [6.45, 7) is 0. The number of nitro groups is 1. The topological polar surface area (TPSA) is 115 Å². The second kappa shape index (κ2) is 6.85. The Morgan fingerprint density at radius 3 is 1.86 bits per heavy atom. The van der Waals surface area contributed by atoms with Crippen LogP contribution in [0, 0.1) is 10.1 Å². The summed E-state index contributed by atoms with van der Waals surface area (Å²) in [4.78, 5) is 8.55. The van der Waals surface area contributed by atoms with Crippen molar-refractivity contribution in [2.75, 3.05) is 10.5 Å². The predicted molar refractivity (Wildman–Crippen MR) is 84.8 cm³/mol. The highest BCUT2D eigenvalue weighted by atomic mass is 32.2. The van der Waals surface area contributed by atoms with Crippen molar-refractivity contribution in [1.29, 1.82) is 0 Å². The summed E-state index contributed by atoms with van der Waals surface area (Å²) >= 11 is 0. The van der Waals surface area contributed by atoms with Crippen LogP contribution in [0.15, 0.2) is 41.3 Å². The fraction of sp³-hybridized carbons (Fsp3) is 0.143. The number of halogens is 6. The molecule has 0 unspecified atom stereocenters. The molecular formula is C14H9F6N3O4S. The van der Waals surface area contributed by atoms with Crippen LogP contribution in [0.3, 0.4) is 0 Å². The van der Waals surface area contributed by atoms with Crippen molar-refractivity contribution in [2.45, 2.75) is 17.2 Å². The molecule has 0 amide bonds. The van der Waals surface area contributed by atoms with E-state index in [-0.39, 0.29) is 23.9 Å². The van der Waals surface area contributed by atoms with Gasteiger partial charge in [-0.15, -0.1) is 0 Å². The molecular weight excluding hydrogens is 420 g/mol. The first-order chi connectivity index (χ1) is 12.6. The Bertz CT molecular complexity index is 1000. The van der Waals surface area contributed by atoms with Crippen LogP contribution in [0.1, 0.15) is 11.1 Å². The molecule has 14 heteroatoms. The van der Waals surface area contributed by atoms with Crippen LogP contribution in [-0.4, -0.2) is 13.3 Å². The number of sulfonamides is 1. The van der Waals surface area contributed by atoms with Crippen LogP contribution in [-0.2, 0) is 22.4 Å². The zero-order chi connectivity index (χ0) is 21.5. The number of hydrogen-bond acceptors (Lipinski definition) is 5. The van der Waals surface area contributed by atoms with E-state index in [1.807, 2.05) is 0 Å². The molecule has 0 bridgehead atoms. The maximum absolute atomic E-state index is 12.9. The molecule has 0 saturated heterocycles. The number of rotatable bonds is 4. The van der Waals surface area contributed by atoms with Crippen LogP contribution >= 0.6 is 0 Å². The summed E-state index contributed by atoms with van der Waals surface area (Å²) in [5, 5.41) is 10.8. The number of nitro benzene ring substituents is 1. The zero-order valence-corrected chi connectivity index (χ0v) is 14.1. The lowest BCUT2D eigenvalue weighted by Crippen LogP contribution is -2.17. The maximum atomic E-state index is 12.9. The van der Waals surface area contributed by atoms with Gasteiger partial charge < -0.3 is 5.73 Å². The zero-order valence-electron chi connectivity index (χ0n) is 13.3. The highest BCUT2D eigenvalue weighted by molar-refractivity contribution is 7.92. The minimum Gasteiger partial charge on any atom is -0.393 e. The number of nitrogens with one attached hydrogen (secondary N) is 1. The second-order valence-corrected chi connectivity index (χ2v) is 7.06. The number of hydrogen-bond donors (Lipinski definition) is 2. The number of alkyl halides is 6. The smallest absolute Gasteiger partial charge is 0.393 e. The molecule has 3 N–H and O–H groups in total. The average molecular weight is 429 g/mol. The van der Waals surface area contributed by atoms with Gasteiger partial charge in [-0.3, -0.25) is 14.8 Å².